The quantitative estimate of drug-likeness (QED) is 0.905. The Morgan fingerprint density at radius 1 is 1.53 bits per heavy atom. The summed E-state index contributed by atoms with van der Waals surface area (Å²) in [5, 5.41) is 2.95. The molecule has 1 aromatic rings. The average molecular weight is 270 g/mol. The summed E-state index contributed by atoms with van der Waals surface area (Å²) in [6.07, 6.45) is -3.03. The topological polar surface area (TPSA) is 41.6 Å². The number of alkyl halides is 2. The van der Waals surface area contributed by atoms with E-state index in [4.69, 9.17) is 4.74 Å². The zero-order valence-corrected chi connectivity index (χ0v) is 10.8. The molecule has 0 aromatic heterocycles. The summed E-state index contributed by atoms with van der Waals surface area (Å²) >= 11 is 0. The number of halogens is 2. The van der Waals surface area contributed by atoms with E-state index in [2.05, 4.69) is 5.32 Å². The lowest BCUT2D eigenvalue weighted by Gasteiger charge is -2.24. The Hall–Kier alpha value is -1.69. The number of carbonyl (C=O) groups is 1. The molecule has 19 heavy (non-hydrogen) atoms. The summed E-state index contributed by atoms with van der Waals surface area (Å²) in [5.41, 5.74) is 1.68. The van der Waals surface area contributed by atoms with Crippen LogP contribution in [-0.2, 0) is 4.79 Å². The molecule has 2 rings (SSSR count). The molecule has 1 aliphatic rings. The minimum Gasteiger partial charge on any atom is -0.496 e. The van der Waals surface area contributed by atoms with E-state index in [-0.39, 0.29) is 12.5 Å². The molecule has 1 N–H and O–H groups in total. The van der Waals surface area contributed by atoms with Crippen molar-refractivity contribution in [2.75, 3.05) is 20.2 Å². The number of aryl methyl sites for hydroxylation is 1. The highest BCUT2D eigenvalue weighted by Gasteiger charge is 2.33. The van der Waals surface area contributed by atoms with E-state index in [1.807, 2.05) is 13.0 Å². The van der Waals surface area contributed by atoms with Crippen LogP contribution in [0.25, 0.3) is 0 Å². The van der Waals surface area contributed by atoms with E-state index in [1.54, 1.807) is 19.2 Å². The number of ether oxygens (including phenoxy) is 1. The van der Waals surface area contributed by atoms with Gasteiger partial charge in [-0.05, 0) is 30.2 Å². The van der Waals surface area contributed by atoms with Gasteiger partial charge < -0.3 is 9.64 Å². The molecule has 0 radical (unpaired) electrons. The molecule has 104 valence electrons. The van der Waals surface area contributed by atoms with E-state index in [9.17, 15) is 13.6 Å². The molecule has 0 aliphatic carbocycles. The third-order valence-electron chi connectivity index (χ3n) is 3.15. The number of hydrogen-bond donors (Lipinski definition) is 1. The number of methoxy groups -OCH3 is 1. The molecular formula is C13H16F2N2O2. The van der Waals surface area contributed by atoms with Crippen molar-refractivity contribution in [3.8, 4) is 5.75 Å². The summed E-state index contributed by atoms with van der Waals surface area (Å²) in [6.45, 7) is 1.40. The first-order valence-electron chi connectivity index (χ1n) is 5.98. The van der Waals surface area contributed by atoms with Crippen LogP contribution in [0.15, 0.2) is 18.2 Å². The van der Waals surface area contributed by atoms with Crippen LogP contribution in [0.2, 0.25) is 0 Å². The lowest BCUT2D eigenvalue weighted by atomic mass is 10.1. The second kappa shape index (κ2) is 5.52. The number of carbonyl (C=O) groups excluding carboxylic acids is 1. The second-order valence-electron chi connectivity index (χ2n) is 4.45. The number of benzene rings is 1. The molecule has 0 saturated carbocycles. The van der Waals surface area contributed by atoms with Crippen molar-refractivity contribution >= 4 is 5.91 Å². The fourth-order valence-electron chi connectivity index (χ4n) is 2.27. The third kappa shape index (κ3) is 2.84. The van der Waals surface area contributed by atoms with Crippen LogP contribution in [0, 0.1) is 6.92 Å². The van der Waals surface area contributed by atoms with Crippen molar-refractivity contribution in [3.63, 3.8) is 0 Å². The monoisotopic (exact) mass is 270 g/mol. The summed E-state index contributed by atoms with van der Waals surface area (Å²) in [5.74, 6) is 0.423. The number of nitrogens with one attached hydrogen (secondary N) is 1. The van der Waals surface area contributed by atoms with Crippen molar-refractivity contribution in [2.45, 2.75) is 19.5 Å². The van der Waals surface area contributed by atoms with Crippen molar-refractivity contribution < 1.29 is 18.3 Å². The van der Waals surface area contributed by atoms with Gasteiger partial charge in [0.25, 0.3) is 6.43 Å². The van der Waals surface area contributed by atoms with Crippen LogP contribution in [0.1, 0.15) is 17.3 Å². The minimum absolute atomic E-state index is 0.0858. The van der Waals surface area contributed by atoms with Gasteiger partial charge in [-0.3, -0.25) is 10.1 Å². The Kier molecular flexibility index (Phi) is 3.99. The van der Waals surface area contributed by atoms with Gasteiger partial charge in [-0.25, -0.2) is 8.78 Å². The van der Waals surface area contributed by atoms with Gasteiger partial charge in [0.15, 0.2) is 0 Å². The van der Waals surface area contributed by atoms with E-state index in [0.717, 1.165) is 16.9 Å². The molecule has 4 nitrogen and oxygen atoms in total. The highest BCUT2D eigenvalue weighted by atomic mass is 19.3. The average Bonchev–Trinajstić information content (AvgIpc) is 2.70. The van der Waals surface area contributed by atoms with Crippen LogP contribution in [0.5, 0.6) is 5.75 Å². The second-order valence-corrected chi connectivity index (χ2v) is 4.45. The Morgan fingerprint density at radius 3 is 2.84 bits per heavy atom. The molecule has 0 bridgehead atoms. The standard InChI is InChI=1S/C13H16F2N2O2/c1-8-5-9(3-4-10(8)19-2)13-16-6-12(18)17(13)7-11(14)15/h3-5,11,13,16H,6-7H2,1-2H3. The number of amides is 1. The third-order valence-corrected chi connectivity index (χ3v) is 3.15. The molecule has 1 aliphatic heterocycles. The van der Waals surface area contributed by atoms with Gasteiger partial charge in [-0.15, -0.1) is 0 Å². The zero-order chi connectivity index (χ0) is 14.0. The Balaban J connectivity index is 2.24. The lowest BCUT2D eigenvalue weighted by Crippen LogP contribution is -2.34. The highest BCUT2D eigenvalue weighted by Crippen LogP contribution is 2.27. The first-order chi connectivity index (χ1) is 9.02. The fraction of sp³-hybridized carbons (Fsp3) is 0.462. The smallest absolute Gasteiger partial charge is 0.255 e. The van der Waals surface area contributed by atoms with Crippen molar-refractivity contribution in [1.29, 1.82) is 0 Å². The number of hydrogen-bond acceptors (Lipinski definition) is 3. The van der Waals surface area contributed by atoms with Crippen molar-refractivity contribution in [1.82, 2.24) is 10.2 Å². The Morgan fingerprint density at radius 2 is 2.26 bits per heavy atom. The van der Waals surface area contributed by atoms with Gasteiger partial charge in [0.2, 0.25) is 5.91 Å². The Labute approximate surface area is 110 Å². The highest BCUT2D eigenvalue weighted by molar-refractivity contribution is 5.81. The molecule has 1 heterocycles. The summed E-state index contributed by atoms with van der Waals surface area (Å²) < 4.78 is 30.2. The molecule has 1 unspecified atom stereocenters. The lowest BCUT2D eigenvalue weighted by molar-refractivity contribution is -0.130. The first-order valence-corrected chi connectivity index (χ1v) is 5.98. The van der Waals surface area contributed by atoms with E-state index in [1.165, 1.54) is 4.90 Å². The normalized spacial score (nSPS) is 19.3. The van der Waals surface area contributed by atoms with E-state index in [0.29, 0.717) is 0 Å². The van der Waals surface area contributed by atoms with Crippen molar-refractivity contribution in [2.24, 2.45) is 0 Å². The van der Waals surface area contributed by atoms with Gasteiger partial charge in [0.1, 0.15) is 11.9 Å². The van der Waals surface area contributed by atoms with Gasteiger partial charge in [-0.1, -0.05) is 6.07 Å². The summed E-state index contributed by atoms with van der Waals surface area (Å²) in [7, 11) is 1.57. The van der Waals surface area contributed by atoms with Gasteiger partial charge in [0.05, 0.1) is 20.2 Å². The molecule has 1 saturated heterocycles. The SMILES string of the molecule is COc1ccc(C2NCC(=O)N2CC(F)F)cc1C. The summed E-state index contributed by atoms with van der Waals surface area (Å²) in [4.78, 5) is 12.8. The molecule has 1 fully saturated rings. The number of rotatable bonds is 4. The van der Waals surface area contributed by atoms with Crippen LogP contribution in [-0.4, -0.2) is 37.4 Å². The minimum atomic E-state index is -2.54. The van der Waals surface area contributed by atoms with E-state index >= 15 is 0 Å². The molecule has 1 amide bonds. The van der Waals surface area contributed by atoms with Gasteiger partial charge in [-0.2, -0.15) is 0 Å². The molecular weight excluding hydrogens is 254 g/mol. The maximum absolute atomic E-state index is 12.5. The largest absolute Gasteiger partial charge is 0.496 e. The molecule has 6 heteroatoms. The van der Waals surface area contributed by atoms with Crippen LogP contribution in [0.3, 0.4) is 0 Å². The van der Waals surface area contributed by atoms with Crippen LogP contribution >= 0.6 is 0 Å². The maximum atomic E-state index is 12.5. The van der Waals surface area contributed by atoms with E-state index < -0.39 is 19.1 Å². The van der Waals surface area contributed by atoms with Gasteiger partial charge in [0, 0.05) is 0 Å². The molecule has 1 atom stereocenters. The molecule has 1 aromatic carbocycles. The number of nitrogens with zero attached hydrogens (tertiary/aromatic N) is 1. The predicted octanol–water partition coefficient (Wildman–Crippen LogP) is 1.70. The maximum Gasteiger partial charge on any atom is 0.255 e. The zero-order valence-electron chi connectivity index (χ0n) is 10.8. The summed E-state index contributed by atoms with van der Waals surface area (Å²) in [6, 6.07) is 5.39. The van der Waals surface area contributed by atoms with Crippen molar-refractivity contribution in [3.05, 3.63) is 29.3 Å². The van der Waals surface area contributed by atoms with Crippen LogP contribution < -0.4 is 10.1 Å². The fourth-order valence-corrected chi connectivity index (χ4v) is 2.27. The van der Waals surface area contributed by atoms with Crippen LogP contribution in [0.4, 0.5) is 8.78 Å². The van der Waals surface area contributed by atoms with Gasteiger partial charge >= 0.3 is 0 Å². The molecule has 0 spiro atoms. The first kappa shape index (κ1) is 13.7. The Bertz CT molecular complexity index is 480. The predicted molar refractivity (Wildman–Crippen MR) is 66.2 cm³/mol.